The van der Waals surface area contributed by atoms with Crippen molar-refractivity contribution in [2.24, 2.45) is 0 Å². The molecule has 0 spiro atoms. The number of piperazine rings is 1. The van der Waals surface area contributed by atoms with E-state index in [4.69, 9.17) is 0 Å². The maximum atomic E-state index is 12.5. The lowest BCUT2D eigenvalue weighted by atomic mass is 10.2. The third kappa shape index (κ3) is 5.26. The van der Waals surface area contributed by atoms with E-state index in [1.54, 1.807) is 0 Å². The molecule has 1 aliphatic heterocycles. The summed E-state index contributed by atoms with van der Waals surface area (Å²) in [5, 5.41) is 4.24. The minimum atomic E-state index is 0.0371. The van der Waals surface area contributed by atoms with E-state index in [9.17, 15) is 4.79 Å². The molecule has 1 saturated heterocycles. The number of nitrogens with zero attached hydrogens (tertiary/aromatic N) is 3. The Kier molecular flexibility index (Phi) is 6.40. The van der Waals surface area contributed by atoms with E-state index in [-0.39, 0.29) is 5.91 Å². The van der Waals surface area contributed by atoms with Crippen LogP contribution in [0.5, 0.6) is 0 Å². The van der Waals surface area contributed by atoms with Gasteiger partial charge in [-0.05, 0) is 47.3 Å². The van der Waals surface area contributed by atoms with Crippen LogP contribution < -0.4 is 10.2 Å². The summed E-state index contributed by atoms with van der Waals surface area (Å²) < 4.78 is 2.13. The van der Waals surface area contributed by atoms with Crippen molar-refractivity contribution < 1.29 is 4.79 Å². The Balaban J connectivity index is 1.10. The van der Waals surface area contributed by atoms with Gasteiger partial charge >= 0.3 is 0 Å². The fraction of sp³-hybridized carbons (Fsp3) is 0.250. The summed E-state index contributed by atoms with van der Waals surface area (Å²) in [5.74, 6) is 0.0371. The highest BCUT2D eigenvalue weighted by atomic mass is 16.1. The van der Waals surface area contributed by atoms with E-state index in [0.717, 1.165) is 38.4 Å². The fourth-order valence-electron chi connectivity index (χ4n) is 4.54. The van der Waals surface area contributed by atoms with E-state index in [2.05, 4.69) is 80.3 Å². The molecule has 0 atom stereocenters. The predicted molar refractivity (Wildman–Crippen MR) is 136 cm³/mol. The molecular formula is C28H30N4O. The molecule has 5 heteroatoms. The van der Waals surface area contributed by atoms with Crippen molar-refractivity contribution in [3.05, 3.63) is 96.7 Å². The number of rotatable bonds is 7. The van der Waals surface area contributed by atoms with Gasteiger partial charge in [-0.3, -0.25) is 9.69 Å². The Morgan fingerprint density at radius 2 is 1.52 bits per heavy atom. The highest BCUT2D eigenvalue weighted by Gasteiger charge is 2.17. The first-order valence-corrected chi connectivity index (χ1v) is 11.7. The third-order valence-corrected chi connectivity index (χ3v) is 6.40. The Hall–Kier alpha value is -3.57. The number of para-hydroxylation sites is 1. The molecule has 2 heterocycles. The molecule has 1 amide bonds. The van der Waals surface area contributed by atoms with Gasteiger partial charge in [-0.25, -0.2) is 0 Å². The molecule has 168 valence electrons. The Morgan fingerprint density at radius 3 is 2.30 bits per heavy atom. The van der Waals surface area contributed by atoms with Gasteiger partial charge in [-0.1, -0.05) is 48.5 Å². The molecule has 1 fully saturated rings. The lowest BCUT2D eigenvalue weighted by Gasteiger charge is -2.36. The van der Waals surface area contributed by atoms with Crippen molar-refractivity contribution in [2.75, 3.05) is 36.4 Å². The Morgan fingerprint density at radius 1 is 0.788 bits per heavy atom. The number of carbonyl (C=O) groups is 1. The number of aromatic nitrogens is 1. The molecule has 0 aliphatic carbocycles. The number of hydrogen-bond donors (Lipinski definition) is 1. The van der Waals surface area contributed by atoms with Crippen LogP contribution in [0, 0.1) is 0 Å². The number of carbonyl (C=O) groups excluding carboxylic acids is 1. The fourth-order valence-corrected chi connectivity index (χ4v) is 4.54. The van der Waals surface area contributed by atoms with Crippen LogP contribution in [0.3, 0.4) is 0 Å². The van der Waals surface area contributed by atoms with Crippen LogP contribution in [-0.4, -0.2) is 41.6 Å². The molecule has 1 aromatic heterocycles. The molecule has 1 N–H and O–H groups in total. The summed E-state index contributed by atoms with van der Waals surface area (Å²) in [6.07, 6.45) is 2.50. The van der Waals surface area contributed by atoms with E-state index in [0.29, 0.717) is 13.0 Å². The van der Waals surface area contributed by atoms with Gasteiger partial charge < -0.3 is 14.8 Å². The predicted octanol–water partition coefficient (Wildman–Crippen LogP) is 4.99. The third-order valence-electron chi connectivity index (χ3n) is 6.40. The number of amides is 1. The van der Waals surface area contributed by atoms with Gasteiger partial charge in [0.2, 0.25) is 5.91 Å². The monoisotopic (exact) mass is 438 g/mol. The molecule has 1 aliphatic rings. The number of nitrogens with one attached hydrogen (secondary N) is 1. The van der Waals surface area contributed by atoms with Crippen molar-refractivity contribution in [3.8, 4) is 0 Å². The lowest BCUT2D eigenvalue weighted by Crippen LogP contribution is -2.45. The van der Waals surface area contributed by atoms with E-state index in [1.165, 1.54) is 22.2 Å². The summed E-state index contributed by atoms with van der Waals surface area (Å²) in [6, 6.07) is 29.3. The van der Waals surface area contributed by atoms with Crippen molar-refractivity contribution >= 4 is 28.2 Å². The SMILES string of the molecule is O=C(CCn1ccc2ccccc21)Nc1ccc(N2CCN(Cc3ccccc3)CC2)cc1. The number of benzene rings is 3. The van der Waals surface area contributed by atoms with Crippen LogP contribution in [0.4, 0.5) is 11.4 Å². The average Bonchev–Trinajstić information content (AvgIpc) is 3.28. The van der Waals surface area contributed by atoms with Crippen LogP contribution in [-0.2, 0) is 17.9 Å². The second-order valence-electron chi connectivity index (χ2n) is 8.66. The van der Waals surface area contributed by atoms with Crippen LogP contribution >= 0.6 is 0 Å². The average molecular weight is 439 g/mol. The maximum absolute atomic E-state index is 12.5. The molecule has 0 unspecified atom stereocenters. The van der Waals surface area contributed by atoms with Crippen LogP contribution in [0.1, 0.15) is 12.0 Å². The molecule has 4 aromatic rings. The molecular weight excluding hydrogens is 408 g/mol. The molecule has 33 heavy (non-hydrogen) atoms. The molecule has 5 rings (SSSR count). The van der Waals surface area contributed by atoms with E-state index >= 15 is 0 Å². The van der Waals surface area contributed by atoms with E-state index < -0.39 is 0 Å². The Bertz CT molecular complexity index is 1190. The lowest BCUT2D eigenvalue weighted by molar-refractivity contribution is -0.116. The van der Waals surface area contributed by atoms with Crippen molar-refractivity contribution in [1.29, 1.82) is 0 Å². The van der Waals surface area contributed by atoms with Gasteiger partial charge in [-0.2, -0.15) is 0 Å². The van der Waals surface area contributed by atoms with Gasteiger partial charge in [0, 0.05) is 68.8 Å². The largest absolute Gasteiger partial charge is 0.369 e. The zero-order chi connectivity index (χ0) is 22.5. The molecule has 0 saturated carbocycles. The highest BCUT2D eigenvalue weighted by molar-refractivity contribution is 5.91. The Labute approximate surface area is 195 Å². The second kappa shape index (κ2) is 9.92. The van der Waals surface area contributed by atoms with Crippen LogP contribution in [0.15, 0.2) is 91.1 Å². The van der Waals surface area contributed by atoms with Gasteiger partial charge in [0.25, 0.3) is 0 Å². The first kappa shape index (κ1) is 21.3. The minimum absolute atomic E-state index is 0.0371. The maximum Gasteiger partial charge on any atom is 0.226 e. The summed E-state index contributed by atoms with van der Waals surface area (Å²) in [7, 11) is 0. The van der Waals surface area contributed by atoms with Gasteiger partial charge in [0.15, 0.2) is 0 Å². The molecule has 3 aromatic carbocycles. The van der Waals surface area contributed by atoms with Crippen molar-refractivity contribution in [3.63, 3.8) is 0 Å². The van der Waals surface area contributed by atoms with Gasteiger partial charge in [0.1, 0.15) is 0 Å². The number of aryl methyl sites for hydroxylation is 1. The highest BCUT2D eigenvalue weighted by Crippen LogP contribution is 2.21. The van der Waals surface area contributed by atoms with Gasteiger partial charge in [-0.15, -0.1) is 0 Å². The minimum Gasteiger partial charge on any atom is -0.369 e. The molecule has 0 bridgehead atoms. The molecule has 0 radical (unpaired) electrons. The summed E-state index contributed by atoms with van der Waals surface area (Å²) in [5.41, 5.74) is 4.60. The number of fused-ring (bicyclic) bond motifs is 1. The quantitative estimate of drug-likeness (QED) is 0.442. The topological polar surface area (TPSA) is 40.5 Å². The van der Waals surface area contributed by atoms with E-state index in [1.807, 2.05) is 30.5 Å². The first-order chi connectivity index (χ1) is 16.2. The zero-order valence-corrected chi connectivity index (χ0v) is 18.9. The summed E-state index contributed by atoms with van der Waals surface area (Å²) >= 11 is 0. The number of hydrogen-bond acceptors (Lipinski definition) is 3. The molecule has 5 nitrogen and oxygen atoms in total. The first-order valence-electron chi connectivity index (χ1n) is 11.7. The van der Waals surface area contributed by atoms with Crippen molar-refractivity contribution in [1.82, 2.24) is 9.47 Å². The van der Waals surface area contributed by atoms with Gasteiger partial charge in [0.05, 0.1) is 0 Å². The second-order valence-corrected chi connectivity index (χ2v) is 8.66. The summed E-state index contributed by atoms with van der Waals surface area (Å²) in [4.78, 5) is 17.4. The zero-order valence-electron chi connectivity index (χ0n) is 18.9. The van der Waals surface area contributed by atoms with Crippen molar-refractivity contribution in [2.45, 2.75) is 19.5 Å². The van der Waals surface area contributed by atoms with Crippen LogP contribution in [0.25, 0.3) is 10.9 Å². The number of anilines is 2. The standard InChI is InChI=1S/C28H30N4O/c33-28(15-17-32-16-14-24-8-4-5-9-27(24)32)29-25-10-12-26(13-11-25)31-20-18-30(19-21-31)22-23-6-2-1-3-7-23/h1-14,16H,15,17-22H2,(H,29,33). The normalized spacial score (nSPS) is 14.5. The van der Waals surface area contributed by atoms with Crippen LogP contribution in [0.2, 0.25) is 0 Å². The smallest absolute Gasteiger partial charge is 0.226 e. The summed E-state index contributed by atoms with van der Waals surface area (Å²) in [6.45, 7) is 5.83.